The Labute approximate surface area is 138 Å². The van der Waals surface area contributed by atoms with E-state index in [0.717, 1.165) is 0 Å². The van der Waals surface area contributed by atoms with Gasteiger partial charge in [-0.15, -0.1) is 0 Å². The highest BCUT2D eigenvalue weighted by atomic mass is 16.6. The van der Waals surface area contributed by atoms with Crippen LogP contribution in [0, 0.1) is 10.1 Å². The number of nitro groups is 1. The summed E-state index contributed by atoms with van der Waals surface area (Å²) in [6, 6.07) is 4.21. The maximum Gasteiger partial charge on any atom is 0.407 e. The molecule has 1 aromatic carbocycles. The van der Waals surface area contributed by atoms with Crippen molar-refractivity contribution in [3.8, 4) is 0 Å². The van der Waals surface area contributed by atoms with E-state index in [1.165, 1.54) is 24.3 Å². The molecule has 0 heterocycles. The average molecular weight is 340 g/mol. The molecular weight excluding hydrogens is 320 g/mol. The molecule has 0 bridgehead atoms. The highest BCUT2D eigenvalue weighted by molar-refractivity contribution is 5.75. The molecule has 3 N–H and O–H groups in total. The molecule has 1 aromatic rings. The summed E-state index contributed by atoms with van der Waals surface area (Å²) in [6.45, 7) is 4.93. The van der Waals surface area contributed by atoms with Crippen molar-refractivity contribution in [1.29, 1.82) is 0 Å². The smallest absolute Gasteiger partial charge is 0.407 e. The molecule has 9 heteroatoms. The summed E-state index contributed by atoms with van der Waals surface area (Å²) in [5.74, 6) is -1.50. The number of hydrogen-bond acceptors (Lipinski definition) is 6. The van der Waals surface area contributed by atoms with Gasteiger partial charge in [-0.3, -0.25) is 10.1 Å². The lowest BCUT2D eigenvalue weighted by Gasteiger charge is -2.25. The predicted molar refractivity (Wildman–Crippen MR) is 83.6 cm³/mol. The van der Waals surface area contributed by atoms with E-state index in [-0.39, 0.29) is 12.1 Å². The molecule has 132 valence electrons. The van der Waals surface area contributed by atoms with Crippen molar-refractivity contribution in [3.63, 3.8) is 0 Å². The van der Waals surface area contributed by atoms with E-state index in [2.05, 4.69) is 5.32 Å². The first-order valence-corrected chi connectivity index (χ1v) is 7.13. The number of carbonyl (C=O) groups is 2. The van der Waals surface area contributed by atoms with Crippen molar-refractivity contribution in [2.45, 2.75) is 44.9 Å². The minimum atomic E-state index is -1.85. The number of benzene rings is 1. The number of carbonyl (C=O) groups excluding carboxylic acids is 1. The van der Waals surface area contributed by atoms with E-state index in [4.69, 9.17) is 9.84 Å². The highest BCUT2D eigenvalue weighted by Gasteiger charge is 2.29. The van der Waals surface area contributed by atoms with Crippen LogP contribution in [0.15, 0.2) is 24.3 Å². The monoisotopic (exact) mass is 340 g/mol. The van der Waals surface area contributed by atoms with Gasteiger partial charge in [-0.25, -0.2) is 9.59 Å². The van der Waals surface area contributed by atoms with Gasteiger partial charge in [0, 0.05) is 12.1 Å². The van der Waals surface area contributed by atoms with Crippen LogP contribution in [0.5, 0.6) is 0 Å². The number of aliphatic hydroxyl groups is 1. The zero-order valence-electron chi connectivity index (χ0n) is 13.6. The topological polar surface area (TPSA) is 139 Å². The van der Waals surface area contributed by atoms with Crippen LogP contribution < -0.4 is 5.32 Å². The molecule has 9 nitrogen and oxygen atoms in total. The molecule has 0 saturated carbocycles. The van der Waals surface area contributed by atoms with Crippen LogP contribution in [0.1, 0.15) is 26.3 Å². The largest absolute Gasteiger partial charge is 0.479 e. The first-order chi connectivity index (χ1) is 11.0. The highest BCUT2D eigenvalue weighted by Crippen LogP contribution is 2.15. The third-order valence-corrected chi connectivity index (χ3v) is 2.94. The Morgan fingerprint density at radius 3 is 2.25 bits per heavy atom. The van der Waals surface area contributed by atoms with Crippen LogP contribution in [0.4, 0.5) is 10.5 Å². The number of non-ortho nitro benzene ring substituents is 1. The molecule has 0 aliphatic heterocycles. The Kier molecular flexibility index (Phi) is 6.24. The Balaban J connectivity index is 2.88. The van der Waals surface area contributed by atoms with Crippen molar-refractivity contribution in [2.24, 2.45) is 0 Å². The Bertz CT molecular complexity index is 607. The SMILES string of the molecule is CC(C)(C)OC(=O)N[C@@H](Cc1ccc([N+](=O)[O-])cc1)[C@@H](O)C(=O)O. The fraction of sp³-hybridized carbons (Fsp3) is 0.467. The van der Waals surface area contributed by atoms with Gasteiger partial charge in [0.2, 0.25) is 0 Å². The van der Waals surface area contributed by atoms with Gasteiger partial charge < -0.3 is 20.3 Å². The first-order valence-electron chi connectivity index (χ1n) is 7.13. The van der Waals surface area contributed by atoms with E-state index in [0.29, 0.717) is 5.56 Å². The number of alkyl carbamates (subject to hydrolysis) is 1. The number of nitro benzene ring substituents is 1. The summed E-state index contributed by atoms with van der Waals surface area (Å²) < 4.78 is 5.04. The number of carboxylic acid groups (broad SMARTS) is 1. The summed E-state index contributed by atoms with van der Waals surface area (Å²) in [7, 11) is 0. The molecule has 1 amide bonds. The predicted octanol–water partition coefficient (Wildman–Crippen LogP) is 1.48. The third kappa shape index (κ3) is 6.21. The maximum atomic E-state index is 11.8. The molecule has 0 aliphatic rings. The fourth-order valence-electron chi connectivity index (χ4n) is 1.88. The van der Waals surface area contributed by atoms with Crippen LogP contribution in [-0.4, -0.2) is 44.9 Å². The molecular formula is C15H20N2O7. The zero-order valence-corrected chi connectivity index (χ0v) is 13.6. The number of carboxylic acids is 1. The number of hydrogen-bond donors (Lipinski definition) is 3. The fourth-order valence-corrected chi connectivity index (χ4v) is 1.88. The van der Waals surface area contributed by atoms with Crippen LogP contribution >= 0.6 is 0 Å². The minimum Gasteiger partial charge on any atom is -0.479 e. The molecule has 2 atom stereocenters. The van der Waals surface area contributed by atoms with Crippen LogP contribution in [0.3, 0.4) is 0 Å². The number of aliphatic carboxylic acids is 1. The second-order valence-electron chi connectivity index (χ2n) is 6.16. The molecule has 0 fully saturated rings. The second-order valence-corrected chi connectivity index (χ2v) is 6.16. The van der Waals surface area contributed by atoms with Gasteiger partial charge in [0.1, 0.15) is 5.60 Å². The quantitative estimate of drug-likeness (QED) is 0.526. The van der Waals surface area contributed by atoms with E-state index in [9.17, 15) is 24.8 Å². The third-order valence-electron chi connectivity index (χ3n) is 2.94. The summed E-state index contributed by atoms with van der Waals surface area (Å²) in [5.41, 5.74) is -0.382. The normalized spacial score (nSPS) is 13.7. The molecule has 0 radical (unpaired) electrons. The van der Waals surface area contributed by atoms with Gasteiger partial charge in [-0.1, -0.05) is 12.1 Å². The maximum absolute atomic E-state index is 11.8. The van der Waals surface area contributed by atoms with Crippen molar-refractivity contribution < 1.29 is 29.5 Å². The number of nitrogens with one attached hydrogen (secondary N) is 1. The summed E-state index contributed by atoms with van der Waals surface area (Å²) in [6.07, 6.45) is -2.76. The van der Waals surface area contributed by atoms with E-state index in [1.54, 1.807) is 20.8 Å². The molecule has 1 rings (SSSR count). The number of aliphatic hydroxyl groups excluding tert-OH is 1. The van der Waals surface area contributed by atoms with Crippen molar-refractivity contribution in [3.05, 3.63) is 39.9 Å². The van der Waals surface area contributed by atoms with Gasteiger partial charge in [-0.05, 0) is 32.8 Å². The average Bonchev–Trinajstić information content (AvgIpc) is 2.44. The van der Waals surface area contributed by atoms with Gasteiger partial charge in [0.25, 0.3) is 5.69 Å². The number of amides is 1. The Hall–Kier alpha value is -2.68. The minimum absolute atomic E-state index is 0.0370. The van der Waals surface area contributed by atoms with Gasteiger partial charge in [0.05, 0.1) is 11.0 Å². The summed E-state index contributed by atoms with van der Waals surface area (Å²) in [5, 5.41) is 31.7. The standard InChI is InChI=1S/C15H20N2O7/c1-15(2,3)24-14(21)16-11(12(18)13(19)20)8-9-4-6-10(7-5-9)17(22)23/h4-7,11-12,18H,8H2,1-3H3,(H,16,21)(H,19,20)/t11-,12+/m0/s1. The van der Waals surface area contributed by atoms with Crippen LogP contribution in [0.2, 0.25) is 0 Å². The molecule has 0 saturated heterocycles. The van der Waals surface area contributed by atoms with E-state index in [1.807, 2.05) is 0 Å². The van der Waals surface area contributed by atoms with E-state index >= 15 is 0 Å². The lowest BCUT2D eigenvalue weighted by molar-refractivity contribution is -0.384. The van der Waals surface area contributed by atoms with Gasteiger partial charge >= 0.3 is 12.1 Å². The van der Waals surface area contributed by atoms with E-state index < -0.39 is 34.7 Å². The van der Waals surface area contributed by atoms with Gasteiger partial charge in [0.15, 0.2) is 6.10 Å². The Morgan fingerprint density at radius 2 is 1.83 bits per heavy atom. The molecule has 24 heavy (non-hydrogen) atoms. The zero-order chi connectivity index (χ0) is 18.5. The summed E-state index contributed by atoms with van der Waals surface area (Å²) >= 11 is 0. The lowest BCUT2D eigenvalue weighted by Crippen LogP contribution is -2.49. The second kappa shape index (κ2) is 7.73. The number of ether oxygens (including phenoxy) is 1. The number of nitrogens with zero attached hydrogens (tertiary/aromatic N) is 1. The molecule has 0 spiro atoms. The molecule has 0 unspecified atom stereocenters. The van der Waals surface area contributed by atoms with Crippen LogP contribution in [0.25, 0.3) is 0 Å². The van der Waals surface area contributed by atoms with Crippen LogP contribution in [-0.2, 0) is 16.0 Å². The van der Waals surface area contributed by atoms with Crippen molar-refractivity contribution >= 4 is 17.7 Å². The lowest BCUT2D eigenvalue weighted by atomic mass is 10.0. The molecule has 0 aliphatic carbocycles. The number of rotatable bonds is 6. The molecule has 0 aromatic heterocycles. The van der Waals surface area contributed by atoms with Crippen molar-refractivity contribution in [2.75, 3.05) is 0 Å². The Morgan fingerprint density at radius 1 is 1.29 bits per heavy atom. The summed E-state index contributed by atoms with van der Waals surface area (Å²) in [4.78, 5) is 32.9. The van der Waals surface area contributed by atoms with Crippen molar-refractivity contribution in [1.82, 2.24) is 5.32 Å². The first kappa shape index (κ1) is 19.4. The van der Waals surface area contributed by atoms with Gasteiger partial charge in [-0.2, -0.15) is 0 Å².